The van der Waals surface area contributed by atoms with E-state index in [4.69, 9.17) is 10.6 Å². The van der Waals surface area contributed by atoms with Gasteiger partial charge < -0.3 is 4.74 Å². The molecule has 2 fully saturated rings. The van der Waals surface area contributed by atoms with Crippen LogP contribution in [0.1, 0.15) is 50.6 Å². The smallest absolute Gasteiger partial charge is 0.137 e. The predicted octanol–water partition coefficient (Wildman–Crippen LogP) is 2.81. The molecular formula is C16H25N3O. The maximum atomic E-state index is 5.79. The van der Waals surface area contributed by atoms with Crippen molar-refractivity contribution in [3.63, 3.8) is 0 Å². The zero-order chi connectivity index (χ0) is 13.9. The summed E-state index contributed by atoms with van der Waals surface area (Å²) >= 11 is 0. The molecule has 20 heavy (non-hydrogen) atoms. The second-order valence-corrected chi connectivity index (χ2v) is 6.28. The molecule has 2 aliphatic rings. The SMILES string of the molecule is CCOc1cncc(C(CC2CC3CCC2C3)NN)c1. The molecule has 0 spiro atoms. The quantitative estimate of drug-likeness (QED) is 0.619. The second kappa shape index (κ2) is 6.10. The van der Waals surface area contributed by atoms with Crippen molar-refractivity contribution in [2.75, 3.05) is 6.61 Å². The third-order valence-electron chi connectivity index (χ3n) is 5.07. The molecule has 2 saturated carbocycles. The highest BCUT2D eigenvalue weighted by Crippen LogP contribution is 2.50. The number of pyridine rings is 1. The summed E-state index contributed by atoms with van der Waals surface area (Å²) in [6, 6.07) is 2.25. The van der Waals surface area contributed by atoms with Gasteiger partial charge in [-0.05, 0) is 62.0 Å². The van der Waals surface area contributed by atoms with Crippen molar-refractivity contribution in [1.29, 1.82) is 0 Å². The minimum atomic E-state index is 0.187. The Balaban J connectivity index is 1.68. The topological polar surface area (TPSA) is 60.2 Å². The molecule has 1 aromatic rings. The molecule has 4 nitrogen and oxygen atoms in total. The van der Waals surface area contributed by atoms with E-state index in [-0.39, 0.29) is 6.04 Å². The largest absolute Gasteiger partial charge is 0.492 e. The van der Waals surface area contributed by atoms with Crippen molar-refractivity contribution in [2.45, 2.75) is 45.1 Å². The lowest BCUT2D eigenvalue weighted by molar-refractivity contribution is 0.279. The standard InChI is InChI=1S/C16H25N3O/c1-2-20-15-7-14(9-18-10-15)16(19-17)8-13-6-11-3-4-12(13)5-11/h7,9-13,16,19H,2-6,8,17H2,1H3. The minimum Gasteiger partial charge on any atom is -0.492 e. The molecule has 0 saturated heterocycles. The first-order valence-corrected chi connectivity index (χ1v) is 7.84. The minimum absolute atomic E-state index is 0.187. The molecule has 110 valence electrons. The Morgan fingerprint density at radius 2 is 2.30 bits per heavy atom. The normalized spacial score (nSPS) is 29.6. The summed E-state index contributed by atoms with van der Waals surface area (Å²) in [4.78, 5) is 4.27. The molecule has 2 aliphatic carbocycles. The van der Waals surface area contributed by atoms with Crippen LogP contribution in [0.2, 0.25) is 0 Å². The van der Waals surface area contributed by atoms with Gasteiger partial charge in [0.2, 0.25) is 0 Å². The lowest BCUT2D eigenvalue weighted by Crippen LogP contribution is -2.30. The van der Waals surface area contributed by atoms with E-state index >= 15 is 0 Å². The van der Waals surface area contributed by atoms with Crippen molar-refractivity contribution in [2.24, 2.45) is 23.6 Å². The number of aromatic nitrogens is 1. The van der Waals surface area contributed by atoms with Gasteiger partial charge in [-0.2, -0.15) is 0 Å². The Bertz CT molecular complexity index is 451. The average molecular weight is 275 g/mol. The maximum Gasteiger partial charge on any atom is 0.137 e. The van der Waals surface area contributed by atoms with Crippen LogP contribution in [0, 0.1) is 17.8 Å². The van der Waals surface area contributed by atoms with Gasteiger partial charge in [-0.15, -0.1) is 0 Å². The molecule has 4 heteroatoms. The first-order valence-electron chi connectivity index (χ1n) is 7.84. The van der Waals surface area contributed by atoms with E-state index in [9.17, 15) is 0 Å². The number of nitrogens with two attached hydrogens (primary N) is 1. The van der Waals surface area contributed by atoms with Crippen LogP contribution >= 0.6 is 0 Å². The highest BCUT2D eigenvalue weighted by atomic mass is 16.5. The van der Waals surface area contributed by atoms with E-state index in [0.29, 0.717) is 6.61 Å². The van der Waals surface area contributed by atoms with Crippen molar-refractivity contribution in [3.8, 4) is 5.75 Å². The van der Waals surface area contributed by atoms with Gasteiger partial charge in [-0.1, -0.05) is 6.42 Å². The maximum absolute atomic E-state index is 5.79. The van der Waals surface area contributed by atoms with E-state index in [1.165, 1.54) is 25.7 Å². The molecule has 4 atom stereocenters. The monoisotopic (exact) mass is 275 g/mol. The van der Waals surface area contributed by atoms with E-state index < -0.39 is 0 Å². The fourth-order valence-corrected chi connectivity index (χ4v) is 4.14. The molecule has 1 aromatic heterocycles. The number of nitrogens with one attached hydrogen (secondary N) is 1. The predicted molar refractivity (Wildman–Crippen MR) is 79.0 cm³/mol. The highest BCUT2D eigenvalue weighted by Gasteiger charge is 2.40. The molecule has 3 N–H and O–H groups in total. The van der Waals surface area contributed by atoms with Gasteiger partial charge in [0.25, 0.3) is 0 Å². The van der Waals surface area contributed by atoms with Gasteiger partial charge in [0.15, 0.2) is 0 Å². The van der Waals surface area contributed by atoms with E-state index in [1.54, 1.807) is 6.20 Å². The Labute approximate surface area is 121 Å². The lowest BCUT2D eigenvalue weighted by Gasteiger charge is -2.26. The van der Waals surface area contributed by atoms with Crippen LogP contribution in [0.3, 0.4) is 0 Å². The van der Waals surface area contributed by atoms with Gasteiger partial charge in [-0.3, -0.25) is 16.3 Å². The van der Waals surface area contributed by atoms with Crippen LogP contribution in [0.15, 0.2) is 18.5 Å². The number of rotatable bonds is 6. The lowest BCUT2D eigenvalue weighted by atomic mass is 9.83. The number of hydrogen-bond acceptors (Lipinski definition) is 4. The molecular weight excluding hydrogens is 250 g/mol. The van der Waals surface area contributed by atoms with Crippen LogP contribution < -0.4 is 16.0 Å². The van der Waals surface area contributed by atoms with E-state index in [0.717, 1.165) is 35.5 Å². The van der Waals surface area contributed by atoms with Gasteiger partial charge in [0.05, 0.1) is 12.8 Å². The van der Waals surface area contributed by atoms with Crippen LogP contribution in [0.25, 0.3) is 0 Å². The molecule has 0 aliphatic heterocycles. The Hall–Kier alpha value is -1.13. The zero-order valence-electron chi connectivity index (χ0n) is 12.2. The second-order valence-electron chi connectivity index (χ2n) is 6.28. The van der Waals surface area contributed by atoms with Gasteiger partial charge in [0.1, 0.15) is 5.75 Å². The first kappa shape index (κ1) is 13.8. The Kier molecular flexibility index (Phi) is 4.22. The number of ether oxygens (including phenoxy) is 1. The highest BCUT2D eigenvalue weighted by molar-refractivity contribution is 5.26. The van der Waals surface area contributed by atoms with Crippen molar-refractivity contribution in [1.82, 2.24) is 10.4 Å². The first-order chi connectivity index (χ1) is 9.80. The van der Waals surface area contributed by atoms with Crippen LogP contribution in [0.4, 0.5) is 0 Å². The van der Waals surface area contributed by atoms with Crippen LogP contribution in [-0.4, -0.2) is 11.6 Å². The summed E-state index contributed by atoms with van der Waals surface area (Å²) in [7, 11) is 0. The molecule has 4 unspecified atom stereocenters. The fraction of sp³-hybridized carbons (Fsp3) is 0.688. The van der Waals surface area contributed by atoms with Gasteiger partial charge >= 0.3 is 0 Å². The van der Waals surface area contributed by atoms with Gasteiger partial charge in [0, 0.05) is 12.2 Å². The van der Waals surface area contributed by atoms with Gasteiger partial charge in [-0.25, -0.2) is 0 Å². The Morgan fingerprint density at radius 1 is 1.40 bits per heavy atom. The van der Waals surface area contributed by atoms with Crippen LogP contribution in [0.5, 0.6) is 5.75 Å². The van der Waals surface area contributed by atoms with Crippen molar-refractivity contribution < 1.29 is 4.74 Å². The summed E-state index contributed by atoms with van der Waals surface area (Å²) in [5.41, 5.74) is 4.12. The summed E-state index contributed by atoms with van der Waals surface area (Å²) in [5, 5.41) is 0. The van der Waals surface area contributed by atoms with Crippen molar-refractivity contribution in [3.05, 3.63) is 24.0 Å². The summed E-state index contributed by atoms with van der Waals surface area (Å²) in [5.74, 6) is 9.35. The average Bonchev–Trinajstić information content (AvgIpc) is 3.08. The number of hydrazine groups is 1. The summed E-state index contributed by atoms with van der Waals surface area (Å²) in [6.07, 6.45) is 10.5. The molecule has 0 aromatic carbocycles. The Morgan fingerprint density at radius 3 is 2.95 bits per heavy atom. The third-order valence-corrected chi connectivity index (χ3v) is 5.07. The molecule has 0 radical (unpaired) electrons. The molecule has 2 bridgehead atoms. The van der Waals surface area contributed by atoms with E-state index in [2.05, 4.69) is 16.5 Å². The zero-order valence-corrected chi connectivity index (χ0v) is 12.2. The number of fused-ring (bicyclic) bond motifs is 2. The van der Waals surface area contributed by atoms with Crippen molar-refractivity contribution >= 4 is 0 Å². The number of nitrogens with zero attached hydrogens (tertiary/aromatic N) is 1. The third kappa shape index (κ3) is 2.81. The molecule has 1 heterocycles. The van der Waals surface area contributed by atoms with Crippen LogP contribution in [-0.2, 0) is 0 Å². The molecule has 0 amide bonds. The number of hydrogen-bond donors (Lipinski definition) is 2. The fourth-order valence-electron chi connectivity index (χ4n) is 4.14. The summed E-state index contributed by atoms with van der Waals surface area (Å²) in [6.45, 7) is 2.65. The molecule has 3 rings (SSSR count). The summed E-state index contributed by atoms with van der Waals surface area (Å²) < 4.78 is 5.53. The van der Waals surface area contributed by atoms with E-state index in [1.807, 2.05) is 13.1 Å².